The number of nitrogens with zero attached hydrogens (tertiary/aromatic N) is 7. The van der Waals surface area contributed by atoms with Crippen molar-refractivity contribution in [3.63, 3.8) is 0 Å². The molecule has 3 aromatic rings. The van der Waals surface area contributed by atoms with Gasteiger partial charge in [0, 0.05) is 20.7 Å². The van der Waals surface area contributed by atoms with Gasteiger partial charge in [0.2, 0.25) is 4.96 Å². The van der Waals surface area contributed by atoms with Crippen LogP contribution in [-0.2, 0) is 17.8 Å². The Bertz CT molecular complexity index is 812. The van der Waals surface area contributed by atoms with Crippen LogP contribution in [0.5, 0.6) is 0 Å². The first-order chi connectivity index (χ1) is 12.1. The summed E-state index contributed by atoms with van der Waals surface area (Å²) in [6, 6.07) is -0.437. The van der Waals surface area contributed by atoms with E-state index in [1.807, 2.05) is 17.7 Å². The van der Waals surface area contributed by atoms with Crippen LogP contribution >= 0.6 is 11.3 Å². The Morgan fingerprint density at radius 2 is 2.36 bits per heavy atom. The lowest BCUT2D eigenvalue weighted by atomic mass is 10.2. The molecule has 10 nitrogen and oxygen atoms in total. The fourth-order valence-electron chi connectivity index (χ4n) is 2.30. The summed E-state index contributed by atoms with van der Waals surface area (Å²) in [7, 11) is 3.35. The fourth-order valence-corrected chi connectivity index (χ4v) is 2.90. The van der Waals surface area contributed by atoms with Crippen molar-refractivity contribution in [3.05, 3.63) is 29.6 Å². The first-order valence-electron chi connectivity index (χ1n) is 7.74. The molecule has 0 saturated carbocycles. The van der Waals surface area contributed by atoms with Crippen LogP contribution in [0.1, 0.15) is 24.5 Å². The zero-order valence-electron chi connectivity index (χ0n) is 14.3. The minimum absolute atomic E-state index is 0.210. The molecule has 0 bridgehead atoms. The number of rotatable bonds is 7. The van der Waals surface area contributed by atoms with Crippen LogP contribution in [-0.4, -0.2) is 61.1 Å². The van der Waals surface area contributed by atoms with Gasteiger partial charge in [-0.2, -0.15) is 5.10 Å². The van der Waals surface area contributed by atoms with E-state index >= 15 is 0 Å². The van der Waals surface area contributed by atoms with Gasteiger partial charge in [-0.1, -0.05) is 11.3 Å². The summed E-state index contributed by atoms with van der Waals surface area (Å²) in [6.45, 7) is 3.44. The van der Waals surface area contributed by atoms with Gasteiger partial charge in [0.1, 0.15) is 11.8 Å². The molecule has 0 aliphatic carbocycles. The maximum absolute atomic E-state index is 12.4. The number of urea groups is 1. The number of nitrogens with one attached hydrogen (secondary N) is 1. The van der Waals surface area contributed by atoms with Crippen LogP contribution < -0.4 is 5.32 Å². The third kappa shape index (κ3) is 3.94. The van der Waals surface area contributed by atoms with E-state index in [1.54, 1.807) is 35.4 Å². The summed E-state index contributed by atoms with van der Waals surface area (Å²) in [5.74, 6) is 0.703. The average molecular weight is 364 g/mol. The highest BCUT2D eigenvalue weighted by Crippen LogP contribution is 2.15. The van der Waals surface area contributed by atoms with Crippen LogP contribution in [0.15, 0.2) is 18.0 Å². The number of hydrogen-bond donors (Lipinski definition) is 1. The third-order valence-corrected chi connectivity index (χ3v) is 4.43. The van der Waals surface area contributed by atoms with E-state index in [0.29, 0.717) is 25.5 Å². The maximum Gasteiger partial charge on any atom is 0.318 e. The van der Waals surface area contributed by atoms with Crippen LogP contribution in [0.3, 0.4) is 0 Å². The van der Waals surface area contributed by atoms with Crippen LogP contribution in [0.2, 0.25) is 0 Å². The first kappa shape index (κ1) is 17.3. The molecule has 1 atom stereocenters. The normalized spacial score (nSPS) is 12.4. The van der Waals surface area contributed by atoms with Crippen molar-refractivity contribution in [2.24, 2.45) is 0 Å². The predicted octanol–water partition coefficient (Wildman–Crippen LogP) is 0.931. The molecule has 2 amide bonds. The van der Waals surface area contributed by atoms with E-state index in [0.717, 1.165) is 10.7 Å². The van der Waals surface area contributed by atoms with E-state index in [9.17, 15) is 4.79 Å². The maximum atomic E-state index is 12.4. The van der Waals surface area contributed by atoms with E-state index in [1.165, 1.54) is 11.3 Å². The van der Waals surface area contributed by atoms with E-state index in [2.05, 4.69) is 25.6 Å². The van der Waals surface area contributed by atoms with Crippen LogP contribution in [0.25, 0.3) is 4.96 Å². The van der Waals surface area contributed by atoms with Crippen molar-refractivity contribution >= 4 is 22.3 Å². The number of carbonyl (C=O) groups excluding carboxylic acids is 1. The molecule has 1 N–H and O–H groups in total. The molecular formula is C14H20N8O2S. The van der Waals surface area contributed by atoms with Crippen LogP contribution in [0.4, 0.5) is 4.79 Å². The Balaban J connectivity index is 1.58. The Morgan fingerprint density at radius 1 is 1.52 bits per heavy atom. The SMILES string of the molecule is COCCn1cnnc1CN(C)C(=O)N[C@@H](C)c1cn2ncsc2n1. The van der Waals surface area contributed by atoms with Gasteiger partial charge < -0.3 is 19.5 Å². The van der Waals surface area contributed by atoms with Gasteiger partial charge in [0.25, 0.3) is 0 Å². The molecule has 3 rings (SSSR count). The van der Waals surface area contributed by atoms with Gasteiger partial charge in [-0.05, 0) is 6.92 Å². The fraction of sp³-hybridized carbons (Fsp3) is 0.500. The quantitative estimate of drug-likeness (QED) is 0.669. The lowest BCUT2D eigenvalue weighted by Gasteiger charge is -2.20. The summed E-state index contributed by atoms with van der Waals surface area (Å²) >= 11 is 1.45. The molecule has 0 spiro atoms. The Hall–Kier alpha value is -2.53. The molecule has 25 heavy (non-hydrogen) atoms. The monoisotopic (exact) mass is 364 g/mol. The molecule has 0 aromatic carbocycles. The molecule has 134 valence electrons. The molecule has 0 aliphatic rings. The zero-order valence-corrected chi connectivity index (χ0v) is 15.1. The van der Waals surface area contributed by atoms with Gasteiger partial charge in [0.15, 0.2) is 5.82 Å². The second-order valence-corrected chi connectivity index (χ2v) is 6.40. The number of ether oxygens (including phenoxy) is 1. The van der Waals surface area contributed by atoms with E-state index < -0.39 is 0 Å². The third-order valence-electron chi connectivity index (χ3n) is 3.75. The number of imidazole rings is 1. The highest BCUT2D eigenvalue weighted by Gasteiger charge is 2.18. The molecule has 3 aromatic heterocycles. The van der Waals surface area contributed by atoms with Crippen molar-refractivity contribution in [1.29, 1.82) is 0 Å². The number of fused-ring (bicyclic) bond motifs is 1. The van der Waals surface area contributed by atoms with Gasteiger partial charge in [-0.25, -0.2) is 14.3 Å². The minimum atomic E-state index is -0.227. The van der Waals surface area contributed by atoms with Crippen molar-refractivity contribution in [1.82, 2.24) is 39.6 Å². The van der Waals surface area contributed by atoms with Crippen molar-refractivity contribution in [2.45, 2.75) is 26.1 Å². The molecule has 0 saturated heterocycles. The van der Waals surface area contributed by atoms with Crippen molar-refractivity contribution in [3.8, 4) is 0 Å². The minimum Gasteiger partial charge on any atom is -0.383 e. The summed E-state index contributed by atoms with van der Waals surface area (Å²) in [4.78, 5) is 19.2. The summed E-state index contributed by atoms with van der Waals surface area (Å²) in [5, 5.41) is 15.0. The molecule has 11 heteroatoms. The molecule has 0 aliphatic heterocycles. The summed E-state index contributed by atoms with van der Waals surface area (Å²) < 4.78 is 8.63. The number of aromatic nitrogens is 6. The summed E-state index contributed by atoms with van der Waals surface area (Å²) in [5.41, 5.74) is 2.49. The molecular weight excluding hydrogens is 344 g/mol. The van der Waals surface area contributed by atoms with Crippen molar-refractivity contribution < 1.29 is 9.53 Å². The lowest BCUT2D eigenvalue weighted by molar-refractivity contribution is 0.183. The second kappa shape index (κ2) is 7.57. The Morgan fingerprint density at radius 3 is 3.12 bits per heavy atom. The number of amides is 2. The van der Waals surface area contributed by atoms with E-state index in [4.69, 9.17) is 4.74 Å². The predicted molar refractivity (Wildman–Crippen MR) is 91.2 cm³/mol. The van der Waals surface area contributed by atoms with Gasteiger partial charge in [-0.15, -0.1) is 10.2 Å². The highest BCUT2D eigenvalue weighted by molar-refractivity contribution is 7.14. The zero-order chi connectivity index (χ0) is 17.8. The smallest absolute Gasteiger partial charge is 0.318 e. The van der Waals surface area contributed by atoms with Gasteiger partial charge in [-0.3, -0.25) is 0 Å². The van der Waals surface area contributed by atoms with Crippen LogP contribution in [0, 0.1) is 0 Å². The molecule has 0 radical (unpaired) electrons. The molecule has 0 unspecified atom stereocenters. The standard InChI is InChI=1S/C14H20N8O2S/c1-10(11-6-22-14(18-11)25-9-16-22)17-13(23)20(2)7-12-19-15-8-21(12)4-5-24-3/h6,8-10H,4-5,7H2,1-3H3,(H,17,23)/t10-/m0/s1. The number of methoxy groups -OCH3 is 1. The average Bonchev–Trinajstić information content (AvgIpc) is 3.28. The summed E-state index contributed by atoms with van der Waals surface area (Å²) in [6.07, 6.45) is 3.45. The molecule has 3 heterocycles. The van der Waals surface area contributed by atoms with E-state index in [-0.39, 0.29) is 12.1 Å². The van der Waals surface area contributed by atoms with Gasteiger partial charge in [0.05, 0.1) is 31.1 Å². The Kier molecular flexibility index (Phi) is 5.24. The highest BCUT2D eigenvalue weighted by atomic mass is 32.1. The topological polar surface area (TPSA) is 102 Å². The lowest BCUT2D eigenvalue weighted by Crippen LogP contribution is -2.38. The van der Waals surface area contributed by atoms with Crippen molar-refractivity contribution in [2.75, 3.05) is 20.8 Å². The number of hydrogen-bond acceptors (Lipinski definition) is 7. The first-order valence-corrected chi connectivity index (χ1v) is 8.62. The number of carbonyl (C=O) groups is 1. The van der Waals surface area contributed by atoms with Gasteiger partial charge >= 0.3 is 6.03 Å². The Labute approximate surface area is 148 Å². The molecule has 0 fully saturated rings. The second-order valence-electron chi connectivity index (χ2n) is 5.59. The largest absolute Gasteiger partial charge is 0.383 e.